The third-order valence-corrected chi connectivity index (χ3v) is 5.07. The summed E-state index contributed by atoms with van der Waals surface area (Å²) in [5.74, 6) is -0.654. The number of nitrogens with one attached hydrogen (secondary N) is 1. The first-order valence-electron chi connectivity index (χ1n) is 8.48. The SMILES string of the molecule is C=Cc1ccc(S(=O)(=O)NC(=O)c2ccccc2)cc1.C=Cc1ccccc1. The average Bonchev–Trinajstić information content (AvgIpc) is 2.75. The topological polar surface area (TPSA) is 63.2 Å². The Balaban J connectivity index is 0.000000292. The Morgan fingerprint density at radius 1 is 0.714 bits per heavy atom. The van der Waals surface area contributed by atoms with Crippen molar-refractivity contribution >= 4 is 28.1 Å². The number of hydrogen-bond acceptors (Lipinski definition) is 3. The Labute approximate surface area is 165 Å². The zero-order valence-electron chi connectivity index (χ0n) is 15.3. The predicted molar refractivity (Wildman–Crippen MR) is 114 cm³/mol. The van der Waals surface area contributed by atoms with Gasteiger partial charge in [0.1, 0.15) is 0 Å². The second-order valence-corrected chi connectivity index (χ2v) is 7.37. The summed E-state index contributed by atoms with van der Waals surface area (Å²) in [6, 6.07) is 24.3. The molecule has 142 valence electrons. The predicted octanol–water partition coefficient (Wildman–Crippen LogP) is 4.78. The first-order chi connectivity index (χ1) is 13.5. The lowest BCUT2D eigenvalue weighted by Gasteiger charge is -2.07. The average molecular weight is 391 g/mol. The Kier molecular flexibility index (Phi) is 7.48. The quantitative estimate of drug-likeness (QED) is 0.681. The summed E-state index contributed by atoms with van der Waals surface area (Å²) in [6.07, 6.45) is 3.44. The van der Waals surface area contributed by atoms with Crippen LogP contribution in [0.3, 0.4) is 0 Å². The van der Waals surface area contributed by atoms with E-state index >= 15 is 0 Å². The molecule has 0 aromatic heterocycles. The third-order valence-electron chi connectivity index (χ3n) is 3.72. The lowest BCUT2D eigenvalue weighted by Crippen LogP contribution is -2.30. The van der Waals surface area contributed by atoms with E-state index in [-0.39, 0.29) is 4.90 Å². The van der Waals surface area contributed by atoms with Crippen molar-refractivity contribution < 1.29 is 13.2 Å². The minimum absolute atomic E-state index is 0.0346. The Morgan fingerprint density at radius 3 is 1.64 bits per heavy atom. The molecule has 0 fully saturated rings. The fraction of sp³-hybridized carbons (Fsp3) is 0. The summed E-state index contributed by atoms with van der Waals surface area (Å²) in [6.45, 7) is 7.22. The maximum atomic E-state index is 12.1. The molecule has 0 saturated carbocycles. The Hall–Kier alpha value is -3.44. The Morgan fingerprint density at radius 2 is 1.18 bits per heavy atom. The molecule has 0 bridgehead atoms. The van der Waals surface area contributed by atoms with Crippen LogP contribution in [0.15, 0.2) is 103 Å². The van der Waals surface area contributed by atoms with Gasteiger partial charge in [-0.25, -0.2) is 13.1 Å². The highest BCUT2D eigenvalue weighted by molar-refractivity contribution is 7.90. The molecule has 0 aliphatic heterocycles. The Bertz CT molecular complexity index is 1030. The zero-order valence-corrected chi connectivity index (χ0v) is 16.1. The lowest BCUT2D eigenvalue weighted by molar-refractivity contribution is 0.0981. The number of sulfonamides is 1. The van der Waals surface area contributed by atoms with Crippen molar-refractivity contribution in [3.8, 4) is 0 Å². The van der Waals surface area contributed by atoms with Crippen LogP contribution in [0.5, 0.6) is 0 Å². The van der Waals surface area contributed by atoms with Crippen LogP contribution in [-0.2, 0) is 10.0 Å². The standard InChI is InChI=1S/C15H13NO3S.C8H8/c1-2-12-8-10-14(11-9-12)20(18,19)16-15(17)13-6-4-3-5-7-13;1-2-8-6-4-3-5-7-8/h2-11H,1H2,(H,16,17);2-7H,1H2. The van der Waals surface area contributed by atoms with Gasteiger partial charge in [0.05, 0.1) is 4.90 Å². The molecule has 1 N–H and O–H groups in total. The van der Waals surface area contributed by atoms with E-state index in [0.717, 1.165) is 5.56 Å². The third kappa shape index (κ3) is 6.07. The van der Waals surface area contributed by atoms with Gasteiger partial charge in [-0.15, -0.1) is 0 Å². The fourth-order valence-electron chi connectivity index (χ4n) is 2.20. The molecule has 1 amide bonds. The lowest BCUT2D eigenvalue weighted by atomic mass is 10.2. The molecule has 0 aliphatic rings. The van der Waals surface area contributed by atoms with Gasteiger partial charge in [-0.2, -0.15) is 0 Å². The summed E-state index contributed by atoms with van der Waals surface area (Å²) in [5.41, 5.74) is 2.27. The van der Waals surface area contributed by atoms with E-state index in [0.29, 0.717) is 5.56 Å². The molecule has 0 saturated heterocycles. The minimum atomic E-state index is -3.87. The second-order valence-electron chi connectivity index (χ2n) is 5.69. The summed E-state index contributed by atoms with van der Waals surface area (Å²) in [7, 11) is -3.87. The molecule has 3 aromatic rings. The van der Waals surface area contributed by atoms with Crippen molar-refractivity contribution in [2.75, 3.05) is 0 Å². The van der Waals surface area contributed by atoms with Crippen LogP contribution in [0.1, 0.15) is 21.5 Å². The number of carbonyl (C=O) groups is 1. The molecule has 3 rings (SSSR count). The van der Waals surface area contributed by atoms with Gasteiger partial charge < -0.3 is 0 Å². The summed E-state index contributed by atoms with van der Waals surface area (Å²) < 4.78 is 26.1. The largest absolute Gasteiger partial charge is 0.268 e. The molecular formula is C23H21NO3S. The van der Waals surface area contributed by atoms with Gasteiger partial charge in [0, 0.05) is 5.56 Å². The van der Waals surface area contributed by atoms with Gasteiger partial charge in [-0.3, -0.25) is 4.79 Å². The molecule has 5 heteroatoms. The van der Waals surface area contributed by atoms with E-state index < -0.39 is 15.9 Å². The zero-order chi connectivity index (χ0) is 20.4. The smallest absolute Gasteiger partial charge is 0.264 e. The molecule has 0 heterocycles. The van der Waals surface area contributed by atoms with Crippen molar-refractivity contribution in [1.82, 2.24) is 4.72 Å². The maximum Gasteiger partial charge on any atom is 0.264 e. The highest BCUT2D eigenvalue weighted by Gasteiger charge is 2.18. The number of carbonyl (C=O) groups excluding carboxylic acids is 1. The van der Waals surface area contributed by atoms with Crippen LogP contribution in [0.25, 0.3) is 12.2 Å². The van der Waals surface area contributed by atoms with Crippen molar-refractivity contribution in [2.45, 2.75) is 4.90 Å². The van der Waals surface area contributed by atoms with Crippen molar-refractivity contribution in [3.05, 3.63) is 115 Å². The minimum Gasteiger partial charge on any atom is -0.268 e. The highest BCUT2D eigenvalue weighted by Crippen LogP contribution is 2.12. The molecule has 4 nitrogen and oxygen atoms in total. The normalized spacial score (nSPS) is 10.1. The van der Waals surface area contributed by atoms with Crippen molar-refractivity contribution in [2.24, 2.45) is 0 Å². The van der Waals surface area contributed by atoms with Crippen LogP contribution in [0, 0.1) is 0 Å². The number of rotatable bonds is 5. The number of hydrogen-bond donors (Lipinski definition) is 1. The van der Waals surface area contributed by atoms with Gasteiger partial charge >= 0.3 is 0 Å². The fourth-order valence-corrected chi connectivity index (χ4v) is 3.18. The molecule has 0 aliphatic carbocycles. The first kappa shape index (κ1) is 20.9. The van der Waals surface area contributed by atoms with Crippen LogP contribution < -0.4 is 4.72 Å². The van der Waals surface area contributed by atoms with E-state index in [2.05, 4.69) is 13.2 Å². The monoisotopic (exact) mass is 391 g/mol. The highest BCUT2D eigenvalue weighted by atomic mass is 32.2. The van der Waals surface area contributed by atoms with Gasteiger partial charge in [0.2, 0.25) is 0 Å². The van der Waals surface area contributed by atoms with Crippen LogP contribution in [0.2, 0.25) is 0 Å². The maximum absolute atomic E-state index is 12.1. The van der Waals surface area contributed by atoms with Gasteiger partial charge in [-0.05, 0) is 35.4 Å². The van der Waals surface area contributed by atoms with Crippen molar-refractivity contribution in [3.63, 3.8) is 0 Å². The molecular weight excluding hydrogens is 370 g/mol. The van der Waals surface area contributed by atoms with Gasteiger partial charge in [0.15, 0.2) is 0 Å². The van der Waals surface area contributed by atoms with Gasteiger partial charge in [0.25, 0.3) is 15.9 Å². The molecule has 0 spiro atoms. The van der Waals surface area contributed by atoms with E-state index in [1.54, 1.807) is 48.5 Å². The summed E-state index contributed by atoms with van der Waals surface area (Å²) >= 11 is 0. The van der Waals surface area contributed by atoms with E-state index in [9.17, 15) is 13.2 Å². The van der Waals surface area contributed by atoms with Crippen molar-refractivity contribution in [1.29, 1.82) is 0 Å². The van der Waals surface area contributed by atoms with Gasteiger partial charge in [-0.1, -0.05) is 86.0 Å². The first-order valence-corrected chi connectivity index (χ1v) is 9.97. The van der Waals surface area contributed by atoms with E-state index in [4.69, 9.17) is 0 Å². The van der Waals surface area contributed by atoms with E-state index in [1.807, 2.05) is 41.1 Å². The molecule has 3 aromatic carbocycles. The second kappa shape index (κ2) is 10.0. The van der Waals surface area contributed by atoms with E-state index in [1.165, 1.54) is 17.7 Å². The van der Waals surface area contributed by atoms with Crippen LogP contribution >= 0.6 is 0 Å². The molecule has 0 unspecified atom stereocenters. The van der Waals surface area contributed by atoms with Crippen LogP contribution in [0.4, 0.5) is 0 Å². The molecule has 0 atom stereocenters. The molecule has 0 radical (unpaired) electrons. The number of benzene rings is 3. The van der Waals surface area contributed by atoms with Crippen LogP contribution in [-0.4, -0.2) is 14.3 Å². The summed E-state index contributed by atoms with van der Waals surface area (Å²) in [4.78, 5) is 11.9. The molecule has 28 heavy (non-hydrogen) atoms. The summed E-state index contributed by atoms with van der Waals surface area (Å²) in [5, 5.41) is 0. The number of amides is 1.